The molecule has 1 amide bonds. The fourth-order valence-electron chi connectivity index (χ4n) is 3.50. The number of carbonyl (C=O) groups is 1. The number of nitrogens with one attached hydrogen (secondary N) is 1. The molecule has 1 aliphatic heterocycles. The zero-order valence-corrected chi connectivity index (χ0v) is 15.8. The highest BCUT2D eigenvalue weighted by Gasteiger charge is 2.43. The number of amides is 1. The Bertz CT molecular complexity index is 986. The van der Waals surface area contributed by atoms with Crippen molar-refractivity contribution < 1.29 is 9.53 Å². The number of carbonyl (C=O) groups excluding carboxylic acids is 1. The Morgan fingerprint density at radius 2 is 1.63 bits per heavy atom. The van der Waals surface area contributed by atoms with E-state index in [1.54, 1.807) is 12.0 Å². The highest BCUT2D eigenvalue weighted by molar-refractivity contribution is 6.30. The molecule has 4 rings (SSSR count). The average molecular weight is 379 g/mol. The van der Waals surface area contributed by atoms with Crippen LogP contribution in [0.5, 0.6) is 5.75 Å². The summed E-state index contributed by atoms with van der Waals surface area (Å²) in [6.45, 7) is 1.99. The molecule has 0 aromatic heterocycles. The van der Waals surface area contributed by atoms with Gasteiger partial charge in [0.2, 0.25) is 0 Å². The molecular formula is C22H19ClN2O2. The second-order valence-electron chi connectivity index (χ2n) is 6.59. The minimum Gasteiger partial charge on any atom is -0.497 e. The molecule has 136 valence electrons. The third-order valence-electron chi connectivity index (χ3n) is 4.92. The average Bonchev–Trinajstić information content (AvgIpc) is 2.69. The molecule has 1 N–H and O–H groups in total. The van der Waals surface area contributed by atoms with Crippen molar-refractivity contribution in [3.05, 3.63) is 88.9 Å². The molecule has 0 bridgehead atoms. The maximum atomic E-state index is 13.5. The summed E-state index contributed by atoms with van der Waals surface area (Å²) in [6.07, 6.45) is 0. The number of ether oxygens (including phenoxy) is 1. The van der Waals surface area contributed by atoms with E-state index < -0.39 is 5.66 Å². The summed E-state index contributed by atoms with van der Waals surface area (Å²) in [5.74, 6) is 0.678. The number of anilines is 2. The molecule has 1 heterocycles. The number of rotatable bonds is 3. The van der Waals surface area contributed by atoms with E-state index in [9.17, 15) is 4.79 Å². The normalized spacial score (nSPS) is 18.6. The summed E-state index contributed by atoms with van der Waals surface area (Å²) < 4.78 is 5.26. The van der Waals surface area contributed by atoms with Gasteiger partial charge in [0.05, 0.1) is 12.7 Å². The van der Waals surface area contributed by atoms with Gasteiger partial charge in [-0.3, -0.25) is 9.69 Å². The van der Waals surface area contributed by atoms with Crippen molar-refractivity contribution in [2.45, 2.75) is 12.6 Å². The van der Waals surface area contributed by atoms with Crippen LogP contribution >= 0.6 is 11.6 Å². The molecule has 5 heteroatoms. The number of nitrogens with zero attached hydrogens (tertiary/aromatic N) is 1. The highest BCUT2D eigenvalue weighted by atomic mass is 35.5. The standard InChI is InChI=1S/C22H19ClN2O2/c1-22(15-7-9-16(23)10-8-15)24-20-6-4-3-5-19(20)21(26)25(22)17-11-13-18(27-2)14-12-17/h3-14,24H,1-2H3/t22-/m0/s1. The molecule has 0 unspecified atom stereocenters. The Hall–Kier alpha value is -2.98. The largest absolute Gasteiger partial charge is 0.497 e. The molecule has 1 atom stereocenters. The van der Waals surface area contributed by atoms with Crippen LogP contribution in [0.3, 0.4) is 0 Å². The fourth-order valence-corrected chi connectivity index (χ4v) is 3.63. The first-order valence-electron chi connectivity index (χ1n) is 8.65. The number of halogens is 1. The smallest absolute Gasteiger partial charge is 0.262 e. The summed E-state index contributed by atoms with van der Waals surface area (Å²) in [5, 5.41) is 4.20. The number of hydrogen-bond donors (Lipinski definition) is 1. The number of fused-ring (bicyclic) bond motifs is 1. The molecule has 4 nitrogen and oxygen atoms in total. The topological polar surface area (TPSA) is 41.6 Å². The SMILES string of the molecule is COc1ccc(N2C(=O)c3ccccc3N[C@]2(C)c2ccc(Cl)cc2)cc1. The Kier molecular flexibility index (Phi) is 4.28. The van der Waals surface area contributed by atoms with Crippen molar-refractivity contribution in [1.82, 2.24) is 0 Å². The Morgan fingerprint density at radius 3 is 2.30 bits per heavy atom. The first kappa shape index (κ1) is 17.4. The van der Waals surface area contributed by atoms with E-state index in [1.165, 1.54) is 0 Å². The van der Waals surface area contributed by atoms with Crippen molar-refractivity contribution in [3.63, 3.8) is 0 Å². The van der Waals surface area contributed by atoms with Crippen LogP contribution in [-0.4, -0.2) is 13.0 Å². The summed E-state index contributed by atoms with van der Waals surface area (Å²) >= 11 is 6.08. The quantitative estimate of drug-likeness (QED) is 0.673. The van der Waals surface area contributed by atoms with Crippen molar-refractivity contribution in [1.29, 1.82) is 0 Å². The molecular weight excluding hydrogens is 360 g/mol. The van der Waals surface area contributed by atoms with Gasteiger partial charge < -0.3 is 10.1 Å². The molecule has 3 aromatic carbocycles. The number of methoxy groups -OCH3 is 1. The number of benzene rings is 3. The summed E-state index contributed by atoms with van der Waals surface area (Å²) in [6, 6.07) is 22.6. The van der Waals surface area contributed by atoms with Crippen molar-refractivity contribution in [2.24, 2.45) is 0 Å². The second kappa shape index (κ2) is 6.63. The zero-order chi connectivity index (χ0) is 19.0. The van der Waals surface area contributed by atoms with Crippen molar-refractivity contribution >= 4 is 28.9 Å². The zero-order valence-electron chi connectivity index (χ0n) is 15.1. The van der Waals surface area contributed by atoms with Gasteiger partial charge in [0.25, 0.3) is 5.91 Å². The molecule has 0 spiro atoms. The summed E-state index contributed by atoms with van der Waals surface area (Å²) in [7, 11) is 1.62. The van der Waals surface area contributed by atoms with Crippen LogP contribution in [0.4, 0.5) is 11.4 Å². The lowest BCUT2D eigenvalue weighted by Gasteiger charge is -2.46. The van der Waals surface area contributed by atoms with Gasteiger partial charge in [0.15, 0.2) is 0 Å². The summed E-state index contributed by atoms with van der Waals surface area (Å²) in [5.41, 5.74) is 2.39. The fraction of sp³-hybridized carbons (Fsp3) is 0.136. The monoisotopic (exact) mass is 378 g/mol. The van der Waals surface area contributed by atoms with Crippen LogP contribution in [0.2, 0.25) is 5.02 Å². The minimum absolute atomic E-state index is 0.0630. The Labute approximate surface area is 163 Å². The molecule has 0 fully saturated rings. The number of para-hydroxylation sites is 1. The van der Waals surface area contributed by atoms with Gasteiger partial charge in [0.1, 0.15) is 11.4 Å². The minimum atomic E-state index is -0.773. The molecule has 0 saturated carbocycles. The van der Waals surface area contributed by atoms with Gasteiger partial charge in [-0.15, -0.1) is 0 Å². The van der Waals surface area contributed by atoms with Crippen LogP contribution in [-0.2, 0) is 5.66 Å². The van der Waals surface area contributed by atoms with Gasteiger partial charge in [-0.05, 0) is 61.0 Å². The third-order valence-corrected chi connectivity index (χ3v) is 5.17. The molecule has 1 aliphatic rings. The van der Waals surface area contributed by atoms with Crippen LogP contribution in [0.1, 0.15) is 22.8 Å². The van der Waals surface area contributed by atoms with E-state index >= 15 is 0 Å². The first-order valence-corrected chi connectivity index (χ1v) is 9.02. The van der Waals surface area contributed by atoms with Crippen LogP contribution in [0, 0.1) is 0 Å². The van der Waals surface area contributed by atoms with Gasteiger partial charge in [-0.25, -0.2) is 0 Å². The van der Waals surface area contributed by atoms with E-state index in [2.05, 4.69) is 5.32 Å². The van der Waals surface area contributed by atoms with Gasteiger partial charge in [-0.1, -0.05) is 35.9 Å². The van der Waals surface area contributed by atoms with E-state index in [1.807, 2.05) is 79.7 Å². The Morgan fingerprint density at radius 1 is 0.963 bits per heavy atom. The maximum Gasteiger partial charge on any atom is 0.262 e. The lowest BCUT2D eigenvalue weighted by atomic mass is 9.93. The predicted octanol–water partition coefficient (Wildman–Crippen LogP) is 5.29. The van der Waals surface area contributed by atoms with Crippen molar-refractivity contribution in [3.8, 4) is 5.75 Å². The molecule has 0 saturated heterocycles. The van der Waals surface area contributed by atoms with Gasteiger partial charge in [-0.2, -0.15) is 0 Å². The van der Waals surface area contributed by atoms with Gasteiger partial charge >= 0.3 is 0 Å². The Balaban J connectivity index is 1.90. The van der Waals surface area contributed by atoms with E-state index in [4.69, 9.17) is 16.3 Å². The van der Waals surface area contributed by atoms with E-state index in [0.29, 0.717) is 10.6 Å². The molecule has 0 aliphatic carbocycles. The first-order chi connectivity index (χ1) is 13.0. The van der Waals surface area contributed by atoms with Gasteiger partial charge in [0, 0.05) is 16.4 Å². The van der Waals surface area contributed by atoms with Crippen LogP contribution < -0.4 is 15.0 Å². The lowest BCUT2D eigenvalue weighted by molar-refractivity contribution is 0.0956. The predicted molar refractivity (Wildman–Crippen MR) is 109 cm³/mol. The molecule has 27 heavy (non-hydrogen) atoms. The second-order valence-corrected chi connectivity index (χ2v) is 7.02. The third kappa shape index (κ3) is 2.92. The van der Waals surface area contributed by atoms with E-state index in [-0.39, 0.29) is 5.91 Å². The van der Waals surface area contributed by atoms with Crippen LogP contribution in [0.25, 0.3) is 0 Å². The van der Waals surface area contributed by atoms with E-state index in [0.717, 1.165) is 22.7 Å². The van der Waals surface area contributed by atoms with Crippen molar-refractivity contribution in [2.75, 3.05) is 17.3 Å². The number of hydrogen-bond acceptors (Lipinski definition) is 3. The highest BCUT2D eigenvalue weighted by Crippen LogP contribution is 2.41. The molecule has 3 aromatic rings. The summed E-state index contributed by atoms with van der Waals surface area (Å²) in [4.78, 5) is 15.2. The lowest BCUT2D eigenvalue weighted by Crippen LogP contribution is -2.56. The maximum absolute atomic E-state index is 13.5. The molecule has 0 radical (unpaired) electrons. The van der Waals surface area contributed by atoms with Crippen LogP contribution in [0.15, 0.2) is 72.8 Å².